The third kappa shape index (κ3) is 4.53. The Morgan fingerprint density at radius 1 is 1.43 bits per heavy atom. The van der Waals surface area contributed by atoms with Gasteiger partial charge in [0.15, 0.2) is 0 Å². The van der Waals surface area contributed by atoms with E-state index in [0.29, 0.717) is 13.1 Å². The molecule has 0 aliphatic heterocycles. The van der Waals surface area contributed by atoms with Crippen LogP contribution in [0.15, 0.2) is 35.5 Å². The summed E-state index contributed by atoms with van der Waals surface area (Å²) in [6, 6.07) is 4.79. The number of halogens is 1. The lowest BCUT2D eigenvalue weighted by Gasteiger charge is -2.08. The number of nitrogens with two attached hydrogens (primary N) is 1. The number of hydrogen-bond donors (Lipinski definition) is 2. The van der Waals surface area contributed by atoms with Crippen LogP contribution in [0.1, 0.15) is 11.1 Å². The van der Waals surface area contributed by atoms with Crippen molar-refractivity contribution in [3.8, 4) is 0 Å². The molecule has 0 unspecified atom stereocenters. The first-order valence-electron chi connectivity index (χ1n) is 6.37. The summed E-state index contributed by atoms with van der Waals surface area (Å²) >= 11 is 5.83. The maximum atomic E-state index is 11.4. The van der Waals surface area contributed by atoms with Crippen molar-refractivity contribution in [3.05, 3.63) is 46.7 Å². The molecule has 0 atom stereocenters. The fraction of sp³-hybridized carbons (Fsp3) is 0.308. The molecule has 114 valence electrons. The van der Waals surface area contributed by atoms with E-state index in [1.165, 1.54) is 12.1 Å². The summed E-state index contributed by atoms with van der Waals surface area (Å²) in [4.78, 5) is -0.0498. The molecule has 1 aromatic carbocycles. The van der Waals surface area contributed by atoms with Crippen LogP contribution in [0.4, 0.5) is 0 Å². The monoisotopic (exact) mass is 328 g/mol. The van der Waals surface area contributed by atoms with Crippen LogP contribution in [0.2, 0.25) is 5.02 Å². The molecule has 0 aliphatic carbocycles. The summed E-state index contributed by atoms with van der Waals surface area (Å²) in [6.45, 7) is 3.97. The molecule has 8 heteroatoms. The quantitative estimate of drug-likeness (QED) is 0.782. The largest absolute Gasteiger partial charge is 0.311 e. The summed E-state index contributed by atoms with van der Waals surface area (Å²) in [5, 5.41) is 12.6. The third-order valence-corrected chi connectivity index (χ3v) is 4.30. The number of nitrogens with zero attached hydrogens (tertiary/aromatic N) is 2. The molecule has 0 saturated carbocycles. The molecule has 2 aromatic rings. The van der Waals surface area contributed by atoms with E-state index in [9.17, 15) is 8.42 Å². The van der Waals surface area contributed by atoms with Gasteiger partial charge in [-0.05, 0) is 30.2 Å². The number of aromatic nitrogens is 2. The maximum absolute atomic E-state index is 11.4. The van der Waals surface area contributed by atoms with Crippen LogP contribution in [0.25, 0.3) is 0 Å². The number of benzene rings is 1. The van der Waals surface area contributed by atoms with Gasteiger partial charge in [-0.15, -0.1) is 0 Å². The van der Waals surface area contributed by atoms with Crippen molar-refractivity contribution in [1.29, 1.82) is 0 Å². The van der Waals surface area contributed by atoms with Gasteiger partial charge in [0.2, 0.25) is 10.0 Å². The Morgan fingerprint density at radius 2 is 2.19 bits per heavy atom. The second-order valence-corrected chi connectivity index (χ2v) is 6.70. The van der Waals surface area contributed by atoms with E-state index >= 15 is 0 Å². The number of hydrogen-bond acceptors (Lipinski definition) is 4. The lowest BCUT2D eigenvalue weighted by Crippen LogP contribution is -2.20. The molecule has 6 nitrogen and oxygen atoms in total. The maximum Gasteiger partial charge on any atom is 0.239 e. The molecule has 0 spiro atoms. The molecule has 2 rings (SSSR count). The zero-order chi connectivity index (χ0) is 15.5. The number of aryl methyl sites for hydroxylation is 1. The van der Waals surface area contributed by atoms with Crippen molar-refractivity contribution in [2.45, 2.75) is 24.9 Å². The summed E-state index contributed by atoms with van der Waals surface area (Å²) < 4.78 is 24.6. The molecular weight excluding hydrogens is 312 g/mol. The van der Waals surface area contributed by atoms with E-state index in [1.54, 1.807) is 12.3 Å². The van der Waals surface area contributed by atoms with E-state index in [4.69, 9.17) is 16.7 Å². The summed E-state index contributed by atoms with van der Waals surface area (Å²) in [5.74, 6) is 0. The van der Waals surface area contributed by atoms with E-state index in [-0.39, 0.29) is 9.92 Å². The highest BCUT2D eigenvalue weighted by Crippen LogP contribution is 2.21. The Bertz CT molecular complexity index is 728. The van der Waals surface area contributed by atoms with Gasteiger partial charge in [0.05, 0.1) is 17.8 Å². The number of sulfonamides is 1. The predicted octanol–water partition coefficient (Wildman–Crippen LogP) is 1.28. The topological polar surface area (TPSA) is 90.0 Å². The Morgan fingerprint density at radius 3 is 2.81 bits per heavy atom. The van der Waals surface area contributed by atoms with Crippen LogP contribution in [-0.4, -0.2) is 24.7 Å². The predicted molar refractivity (Wildman–Crippen MR) is 81.5 cm³/mol. The molecular formula is C13H17ClN4O2S. The minimum Gasteiger partial charge on any atom is -0.311 e. The number of rotatable bonds is 6. The molecule has 0 amide bonds. The minimum atomic E-state index is -3.80. The summed E-state index contributed by atoms with van der Waals surface area (Å²) in [7, 11) is -3.80. The zero-order valence-electron chi connectivity index (χ0n) is 11.6. The highest BCUT2D eigenvalue weighted by Gasteiger charge is 2.13. The molecule has 0 radical (unpaired) electrons. The molecule has 1 aromatic heterocycles. The molecule has 21 heavy (non-hydrogen) atoms. The van der Waals surface area contributed by atoms with Gasteiger partial charge in [-0.1, -0.05) is 17.7 Å². The van der Waals surface area contributed by atoms with Crippen molar-refractivity contribution >= 4 is 21.6 Å². The molecule has 0 saturated heterocycles. The first-order chi connectivity index (χ1) is 9.86. The Labute approximate surface area is 129 Å². The van der Waals surface area contributed by atoms with Gasteiger partial charge < -0.3 is 5.32 Å². The van der Waals surface area contributed by atoms with Gasteiger partial charge in [-0.3, -0.25) is 4.68 Å². The minimum absolute atomic E-state index is 0.0498. The van der Waals surface area contributed by atoms with Gasteiger partial charge in [0.1, 0.15) is 4.90 Å². The van der Waals surface area contributed by atoms with Gasteiger partial charge >= 0.3 is 0 Å². The van der Waals surface area contributed by atoms with Crippen molar-refractivity contribution in [3.63, 3.8) is 0 Å². The van der Waals surface area contributed by atoms with Gasteiger partial charge in [-0.2, -0.15) is 5.10 Å². The van der Waals surface area contributed by atoms with Crippen LogP contribution in [0.5, 0.6) is 0 Å². The second kappa shape index (κ2) is 6.57. The van der Waals surface area contributed by atoms with Crippen LogP contribution in [0.3, 0.4) is 0 Å². The average Bonchev–Trinajstić information content (AvgIpc) is 2.81. The van der Waals surface area contributed by atoms with Crippen molar-refractivity contribution in [2.75, 3.05) is 6.54 Å². The molecule has 0 bridgehead atoms. The summed E-state index contributed by atoms with van der Waals surface area (Å²) in [6.07, 6.45) is 3.76. The van der Waals surface area contributed by atoms with Crippen molar-refractivity contribution in [1.82, 2.24) is 15.1 Å². The van der Waals surface area contributed by atoms with E-state index in [1.807, 2.05) is 17.8 Å². The van der Waals surface area contributed by atoms with Crippen molar-refractivity contribution in [2.24, 2.45) is 5.14 Å². The Kier molecular flexibility index (Phi) is 5.00. The third-order valence-electron chi connectivity index (χ3n) is 2.91. The normalized spacial score (nSPS) is 11.8. The Balaban J connectivity index is 1.92. The lowest BCUT2D eigenvalue weighted by molar-refractivity contribution is 0.554. The van der Waals surface area contributed by atoms with Gasteiger partial charge in [0, 0.05) is 19.3 Å². The zero-order valence-corrected chi connectivity index (χ0v) is 13.2. The van der Waals surface area contributed by atoms with E-state index in [2.05, 4.69) is 10.4 Å². The van der Waals surface area contributed by atoms with Gasteiger partial charge in [0.25, 0.3) is 0 Å². The van der Waals surface area contributed by atoms with Crippen LogP contribution >= 0.6 is 11.6 Å². The fourth-order valence-electron chi connectivity index (χ4n) is 1.89. The second-order valence-electron chi connectivity index (χ2n) is 4.77. The van der Waals surface area contributed by atoms with Crippen molar-refractivity contribution < 1.29 is 8.42 Å². The molecule has 1 heterocycles. The highest BCUT2D eigenvalue weighted by atomic mass is 35.5. The number of primary sulfonamides is 1. The first kappa shape index (κ1) is 16.0. The highest BCUT2D eigenvalue weighted by molar-refractivity contribution is 7.89. The van der Waals surface area contributed by atoms with E-state index in [0.717, 1.165) is 17.7 Å². The smallest absolute Gasteiger partial charge is 0.239 e. The first-order valence-corrected chi connectivity index (χ1v) is 8.30. The molecule has 0 aliphatic rings. The SMILES string of the molecule is Cc1cnn(CCNCc2ccc(Cl)c(S(N)(=O)=O)c2)c1. The standard InChI is InChI=1S/C13H17ClN4O2S/c1-10-7-17-18(9-10)5-4-16-8-11-2-3-12(14)13(6-11)21(15,19)20/h2-3,6-7,9,16H,4-5,8H2,1H3,(H2,15,19,20). The fourth-order valence-corrected chi connectivity index (χ4v) is 2.99. The van der Waals surface area contributed by atoms with E-state index < -0.39 is 10.0 Å². The summed E-state index contributed by atoms with van der Waals surface area (Å²) in [5.41, 5.74) is 1.92. The molecule has 0 fully saturated rings. The van der Waals surface area contributed by atoms with Crippen LogP contribution in [-0.2, 0) is 23.1 Å². The lowest BCUT2D eigenvalue weighted by atomic mass is 10.2. The average molecular weight is 329 g/mol. The van der Waals surface area contributed by atoms with Crippen LogP contribution in [0, 0.1) is 6.92 Å². The molecule has 3 N–H and O–H groups in total. The Hall–Kier alpha value is -1.41. The number of nitrogens with one attached hydrogen (secondary N) is 1. The van der Waals surface area contributed by atoms with Gasteiger partial charge in [-0.25, -0.2) is 13.6 Å². The van der Waals surface area contributed by atoms with Crippen LogP contribution < -0.4 is 10.5 Å².